The van der Waals surface area contributed by atoms with Crippen LogP contribution < -0.4 is 4.74 Å². The Morgan fingerprint density at radius 2 is 1.90 bits per heavy atom. The predicted octanol–water partition coefficient (Wildman–Crippen LogP) is 4.49. The Hall–Kier alpha value is -4.28. The summed E-state index contributed by atoms with van der Waals surface area (Å²) < 4.78 is 23.5. The number of imidazole rings is 1. The van der Waals surface area contributed by atoms with E-state index in [9.17, 15) is 9.59 Å². The van der Waals surface area contributed by atoms with Gasteiger partial charge in [0.15, 0.2) is 0 Å². The number of cyclic esters (lactones) is 1. The molecule has 0 spiro atoms. The van der Waals surface area contributed by atoms with Gasteiger partial charge in [0.1, 0.15) is 19.0 Å². The molecule has 10 heteroatoms. The Labute approximate surface area is 244 Å². The van der Waals surface area contributed by atoms with E-state index in [0.717, 1.165) is 59.6 Å². The second-order valence-electron chi connectivity index (χ2n) is 10.7. The molecule has 2 aromatic carbocycles. The highest BCUT2D eigenvalue weighted by atomic mass is 16.5. The molecule has 1 saturated heterocycles. The van der Waals surface area contributed by atoms with E-state index >= 15 is 0 Å². The van der Waals surface area contributed by atoms with Crippen molar-refractivity contribution in [3.05, 3.63) is 88.4 Å². The highest BCUT2D eigenvalue weighted by Gasteiger charge is 2.24. The third-order valence-corrected chi connectivity index (χ3v) is 8.02. The first kappa shape index (κ1) is 27.9. The molecule has 0 aliphatic carbocycles. The van der Waals surface area contributed by atoms with Gasteiger partial charge in [0, 0.05) is 36.9 Å². The maximum atomic E-state index is 12.1. The van der Waals surface area contributed by atoms with Crippen molar-refractivity contribution in [2.24, 2.45) is 0 Å². The van der Waals surface area contributed by atoms with Gasteiger partial charge in [-0.1, -0.05) is 12.1 Å². The van der Waals surface area contributed by atoms with Crippen molar-refractivity contribution in [1.29, 1.82) is 0 Å². The summed E-state index contributed by atoms with van der Waals surface area (Å²) in [6.07, 6.45) is 1.97. The highest BCUT2D eigenvalue weighted by molar-refractivity contribution is 5.94. The molecular weight excluding hydrogens is 536 g/mol. The summed E-state index contributed by atoms with van der Waals surface area (Å²) in [5.41, 5.74) is 5.82. The van der Waals surface area contributed by atoms with Crippen molar-refractivity contribution in [2.75, 3.05) is 33.9 Å². The van der Waals surface area contributed by atoms with E-state index in [-0.39, 0.29) is 11.9 Å². The smallest absolute Gasteiger partial charge is 0.338 e. The highest BCUT2D eigenvalue weighted by Crippen LogP contribution is 2.30. The quantitative estimate of drug-likeness (QED) is 0.255. The largest absolute Gasteiger partial charge is 0.473 e. The predicted molar refractivity (Wildman–Crippen MR) is 154 cm³/mol. The van der Waals surface area contributed by atoms with Crippen molar-refractivity contribution in [2.45, 2.75) is 45.1 Å². The first-order valence-corrected chi connectivity index (χ1v) is 14.2. The molecule has 4 heterocycles. The van der Waals surface area contributed by atoms with Gasteiger partial charge in [0.2, 0.25) is 5.88 Å². The molecule has 2 aromatic heterocycles. The van der Waals surface area contributed by atoms with Crippen LogP contribution in [0.2, 0.25) is 0 Å². The number of hydrogen-bond acceptors (Lipinski definition) is 9. The first-order chi connectivity index (χ1) is 20.5. The minimum Gasteiger partial charge on any atom is -0.473 e. The summed E-state index contributed by atoms with van der Waals surface area (Å²) in [4.78, 5) is 36.0. The van der Waals surface area contributed by atoms with E-state index in [2.05, 4.69) is 15.5 Å². The fourth-order valence-corrected chi connectivity index (χ4v) is 5.73. The molecular formula is C32H34N4O6. The standard InChI is InChI=1S/C32H34N4O6/c1-39-15-14-36-28-17-23(31(37)40-2)7-9-27(28)33-29(36)18-35-12-10-22(11-13-35)26-4-3-5-30(34-26)41-19-21-6-8-25-24(16-21)20-42-32(25)38/h3-9,16-17,22H,10-15,18-20H2,1-2H3. The van der Waals surface area contributed by atoms with Gasteiger partial charge in [-0.05, 0) is 67.9 Å². The Kier molecular flexibility index (Phi) is 8.16. The van der Waals surface area contributed by atoms with Crippen LogP contribution in [-0.2, 0) is 40.5 Å². The molecule has 10 nitrogen and oxygen atoms in total. The monoisotopic (exact) mass is 570 g/mol. The minimum absolute atomic E-state index is 0.267. The van der Waals surface area contributed by atoms with Crippen LogP contribution in [0.25, 0.3) is 11.0 Å². The molecule has 0 unspecified atom stereocenters. The fourth-order valence-electron chi connectivity index (χ4n) is 5.73. The zero-order valence-electron chi connectivity index (χ0n) is 23.9. The van der Waals surface area contributed by atoms with Crippen LogP contribution in [0.3, 0.4) is 0 Å². The van der Waals surface area contributed by atoms with Crippen LogP contribution in [0.15, 0.2) is 54.6 Å². The molecule has 2 aliphatic heterocycles. The molecule has 0 amide bonds. The van der Waals surface area contributed by atoms with Gasteiger partial charge in [0.05, 0.1) is 42.4 Å². The summed E-state index contributed by atoms with van der Waals surface area (Å²) in [7, 11) is 3.07. The molecule has 42 heavy (non-hydrogen) atoms. The number of esters is 2. The molecule has 0 bridgehead atoms. The number of aromatic nitrogens is 3. The van der Waals surface area contributed by atoms with Crippen LogP contribution in [0.4, 0.5) is 0 Å². The van der Waals surface area contributed by atoms with E-state index < -0.39 is 0 Å². The number of pyridine rings is 1. The van der Waals surface area contributed by atoms with E-state index in [1.165, 1.54) is 7.11 Å². The number of nitrogens with zero attached hydrogens (tertiary/aromatic N) is 4. The Morgan fingerprint density at radius 3 is 2.71 bits per heavy atom. The minimum atomic E-state index is -0.362. The van der Waals surface area contributed by atoms with Gasteiger partial charge >= 0.3 is 11.9 Å². The number of methoxy groups -OCH3 is 2. The normalized spacial score (nSPS) is 15.5. The van der Waals surface area contributed by atoms with Gasteiger partial charge in [0.25, 0.3) is 0 Å². The van der Waals surface area contributed by atoms with E-state index in [4.69, 9.17) is 28.9 Å². The second-order valence-corrected chi connectivity index (χ2v) is 10.7. The van der Waals surface area contributed by atoms with Crippen molar-refractivity contribution >= 4 is 23.0 Å². The van der Waals surface area contributed by atoms with Crippen molar-refractivity contribution < 1.29 is 28.5 Å². The number of carbonyl (C=O) groups is 2. The number of benzene rings is 2. The number of carbonyl (C=O) groups excluding carboxylic acids is 2. The summed E-state index contributed by atoms with van der Waals surface area (Å²) in [6.45, 7) is 4.46. The number of likely N-dealkylation sites (tertiary alicyclic amines) is 1. The molecule has 6 rings (SSSR count). The molecule has 0 N–H and O–H groups in total. The topological polar surface area (TPSA) is 105 Å². The third-order valence-electron chi connectivity index (χ3n) is 8.02. The molecule has 2 aliphatic rings. The van der Waals surface area contributed by atoms with E-state index in [1.54, 1.807) is 19.2 Å². The Balaban J connectivity index is 1.08. The average Bonchev–Trinajstić information content (AvgIpc) is 3.57. The number of hydrogen-bond donors (Lipinski definition) is 0. The number of ether oxygens (including phenoxy) is 4. The van der Waals surface area contributed by atoms with Crippen LogP contribution in [0.5, 0.6) is 5.88 Å². The first-order valence-electron chi connectivity index (χ1n) is 14.2. The Bertz CT molecular complexity index is 1610. The zero-order valence-corrected chi connectivity index (χ0v) is 23.9. The van der Waals surface area contributed by atoms with Crippen molar-refractivity contribution in [3.8, 4) is 5.88 Å². The molecule has 1 fully saturated rings. The zero-order chi connectivity index (χ0) is 29.1. The van der Waals surface area contributed by atoms with Crippen LogP contribution in [0.1, 0.15) is 62.1 Å². The summed E-state index contributed by atoms with van der Waals surface area (Å²) in [5, 5.41) is 0. The number of piperidine rings is 1. The van der Waals surface area contributed by atoms with Crippen molar-refractivity contribution in [1.82, 2.24) is 19.4 Å². The molecule has 218 valence electrons. The summed E-state index contributed by atoms with van der Waals surface area (Å²) in [6, 6.07) is 17.1. The summed E-state index contributed by atoms with van der Waals surface area (Å²) >= 11 is 0. The van der Waals surface area contributed by atoms with Gasteiger partial charge in [-0.15, -0.1) is 0 Å². The van der Waals surface area contributed by atoms with Gasteiger partial charge in [-0.3, -0.25) is 4.90 Å². The average molecular weight is 571 g/mol. The Morgan fingerprint density at radius 1 is 1.05 bits per heavy atom. The van der Waals surface area contributed by atoms with Crippen LogP contribution >= 0.6 is 0 Å². The molecule has 4 aromatic rings. The molecule has 0 atom stereocenters. The lowest BCUT2D eigenvalue weighted by atomic mass is 9.93. The van der Waals surface area contributed by atoms with Gasteiger partial charge < -0.3 is 23.5 Å². The van der Waals surface area contributed by atoms with Gasteiger partial charge in [-0.2, -0.15) is 0 Å². The fraction of sp³-hybridized carbons (Fsp3) is 0.375. The molecule has 0 saturated carbocycles. The number of fused-ring (bicyclic) bond motifs is 2. The summed E-state index contributed by atoms with van der Waals surface area (Å²) in [5.74, 6) is 1.28. The van der Waals surface area contributed by atoms with E-state index in [1.807, 2.05) is 36.4 Å². The van der Waals surface area contributed by atoms with Crippen LogP contribution in [0, 0.1) is 0 Å². The lowest BCUT2D eigenvalue weighted by molar-refractivity contribution is 0.0534. The third kappa shape index (κ3) is 5.86. The lowest BCUT2D eigenvalue weighted by Crippen LogP contribution is -2.33. The van der Waals surface area contributed by atoms with Crippen LogP contribution in [-0.4, -0.2) is 65.3 Å². The van der Waals surface area contributed by atoms with E-state index in [0.29, 0.717) is 55.8 Å². The lowest BCUT2D eigenvalue weighted by Gasteiger charge is -2.31. The van der Waals surface area contributed by atoms with Crippen molar-refractivity contribution in [3.63, 3.8) is 0 Å². The number of rotatable bonds is 10. The molecule has 0 radical (unpaired) electrons. The van der Waals surface area contributed by atoms with Gasteiger partial charge in [-0.25, -0.2) is 19.6 Å². The maximum Gasteiger partial charge on any atom is 0.338 e. The second kappa shape index (κ2) is 12.3. The maximum absolute atomic E-state index is 12.1. The SMILES string of the molecule is COCCn1c(CN2CCC(c3cccc(OCc4ccc5c(c4)COC5=O)n3)CC2)nc2ccc(C(=O)OC)cc21.